The van der Waals surface area contributed by atoms with E-state index >= 15 is 0 Å². The Labute approximate surface area is 216 Å². The van der Waals surface area contributed by atoms with Crippen molar-refractivity contribution in [1.29, 1.82) is 0 Å². The Morgan fingerprint density at radius 2 is 1.73 bits per heavy atom. The molecule has 9 heteroatoms. The van der Waals surface area contributed by atoms with E-state index in [0.29, 0.717) is 56.8 Å². The number of carbonyl (C=O) groups is 3. The minimum Gasteiger partial charge on any atom is -0.496 e. The maximum atomic E-state index is 13.3. The standard InChI is InChI=1S/C28H33N5O4/c1-37-25-11-6-5-10-22(25)23-18-24(32-31-23)28(36)33-17-7-15-29-26(34)13-12-21(14-16-30-27(35)19-33)20-8-3-2-4-9-20/h2-6,8-11,18,21H,7,12-17,19H2,1H3,(H,29,34)(H,30,35)(H,31,32). The van der Waals surface area contributed by atoms with Gasteiger partial charge in [-0.2, -0.15) is 5.10 Å². The summed E-state index contributed by atoms with van der Waals surface area (Å²) in [7, 11) is 1.58. The first-order chi connectivity index (χ1) is 18.0. The summed E-state index contributed by atoms with van der Waals surface area (Å²) in [6, 6.07) is 19.1. The Morgan fingerprint density at radius 1 is 0.973 bits per heavy atom. The fourth-order valence-corrected chi connectivity index (χ4v) is 4.56. The monoisotopic (exact) mass is 503 g/mol. The van der Waals surface area contributed by atoms with E-state index in [9.17, 15) is 14.4 Å². The molecule has 3 aromatic rings. The van der Waals surface area contributed by atoms with E-state index in [2.05, 4.69) is 33.0 Å². The third kappa shape index (κ3) is 6.97. The minimum atomic E-state index is -0.329. The van der Waals surface area contributed by atoms with Gasteiger partial charge in [0.2, 0.25) is 11.8 Å². The molecule has 3 amide bonds. The highest BCUT2D eigenvalue weighted by Gasteiger charge is 2.22. The first-order valence-electron chi connectivity index (χ1n) is 12.6. The molecule has 0 bridgehead atoms. The number of ether oxygens (including phenoxy) is 1. The lowest BCUT2D eigenvalue weighted by molar-refractivity contribution is -0.123. The van der Waals surface area contributed by atoms with Gasteiger partial charge in [0.15, 0.2) is 0 Å². The van der Waals surface area contributed by atoms with Gasteiger partial charge in [0.25, 0.3) is 5.91 Å². The molecule has 1 aromatic heterocycles. The van der Waals surface area contributed by atoms with Gasteiger partial charge in [-0.25, -0.2) is 0 Å². The van der Waals surface area contributed by atoms with Gasteiger partial charge in [-0.15, -0.1) is 0 Å². The van der Waals surface area contributed by atoms with Crippen LogP contribution in [0.4, 0.5) is 0 Å². The second-order valence-corrected chi connectivity index (χ2v) is 9.08. The van der Waals surface area contributed by atoms with E-state index < -0.39 is 0 Å². The summed E-state index contributed by atoms with van der Waals surface area (Å²) in [5.41, 5.74) is 2.77. The number of amides is 3. The van der Waals surface area contributed by atoms with Crippen molar-refractivity contribution < 1.29 is 19.1 Å². The molecule has 2 heterocycles. The molecule has 0 radical (unpaired) electrons. The van der Waals surface area contributed by atoms with Gasteiger partial charge in [0.05, 0.1) is 19.3 Å². The van der Waals surface area contributed by atoms with Crippen LogP contribution in [0.15, 0.2) is 60.7 Å². The predicted molar refractivity (Wildman–Crippen MR) is 140 cm³/mol. The van der Waals surface area contributed by atoms with Crippen molar-refractivity contribution in [3.63, 3.8) is 0 Å². The first-order valence-corrected chi connectivity index (χ1v) is 12.6. The molecule has 194 valence electrons. The normalized spacial score (nSPS) is 17.9. The Balaban J connectivity index is 1.46. The van der Waals surface area contributed by atoms with Crippen LogP contribution < -0.4 is 15.4 Å². The molecule has 37 heavy (non-hydrogen) atoms. The van der Waals surface area contributed by atoms with Gasteiger partial charge in [-0.1, -0.05) is 42.5 Å². The third-order valence-corrected chi connectivity index (χ3v) is 6.55. The Kier molecular flexibility index (Phi) is 8.91. The highest BCUT2D eigenvalue weighted by molar-refractivity contribution is 5.96. The SMILES string of the molecule is COc1ccccc1-c1cc(C(=O)N2CCCNC(=O)CCC(c3ccccc3)CCNC(=O)C2)[nH]n1. The van der Waals surface area contributed by atoms with Crippen LogP contribution >= 0.6 is 0 Å². The van der Waals surface area contributed by atoms with E-state index in [1.54, 1.807) is 13.2 Å². The van der Waals surface area contributed by atoms with Gasteiger partial charge in [-0.3, -0.25) is 19.5 Å². The average Bonchev–Trinajstić information content (AvgIpc) is 3.42. The van der Waals surface area contributed by atoms with Crippen LogP contribution in [0.3, 0.4) is 0 Å². The molecule has 4 rings (SSSR count). The maximum Gasteiger partial charge on any atom is 0.272 e. The van der Waals surface area contributed by atoms with Crippen LogP contribution in [0.2, 0.25) is 0 Å². The number of para-hydroxylation sites is 1. The van der Waals surface area contributed by atoms with Gasteiger partial charge < -0.3 is 20.3 Å². The molecule has 3 N–H and O–H groups in total. The first kappa shape index (κ1) is 25.9. The highest BCUT2D eigenvalue weighted by Crippen LogP contribution is 2.28. The zero-order chi connectivity index (χ0) is 26.0. The number of rotatable bonds is 4. The fourth-order valence-electron chi connectivity index (χ4n) is 4.56. The molecule has 0 spiro atoms. The molecule has 1 aliphatic rings. The Hall–Kier alpha value is -4.14. The van der Waals surface area contributed by atoms with E-state index in [-0.39, 0.29) is 35.9 Å². The smallest absolute Gasteiger partial charge is 0.272 e. The van der Waals surface area contributed by atoms with Crippen molar-refractivity contribution in [1.82, 2.24) is 25.7 Å². The number of hydrogen-bond donors (Lipinski definition) is 3. The molecule has 1 fully saturated rings. The van der Waals surface area contributed by atoms with Crippen molar-refractivity contribution in [3.05, 3.63) is 71.9 Å². The zero-order valence-electron chi connectivity index (χ0n) is 21.0. The van der Waals surface area contributed by atoms with E-state index in [0.717, 1.165) is 11.1 Å². The average molecular weight is 504 g/mol. The lowest BCUT2D eigenvalue weighted by atomic mass is 9.91. The number of carbonyl (C=O) groups excluding carboxylic acids is 3. The molecule has 1 aliphatic heterocycles. The molecule has 1 saturated heterocycles. The third-order valence-electron chi connectivity index (χ3n) is 6.55. The molecule has 1 unspecified atom stereocenters. The number of benzene rings is 2. The summed E-state index contributed by atoms with van der Waals surface area (Å²) in [4.78, 5) is 40.0. The van der Waals surface area contributed by atoms with Crippen molar-refractivity contribution >= 4 is 17.7 Å². The van der Waals surface area contributed by atoms with Crippen molar-refractivity contribution in [2.45, 2.75) is 31.6 Å². The van der Waals surface area contributed by atoms with Crippen molar-refractivity contribution in [3.8, 4) is 17.0 Å². The maximum absolute atomic E-state index is 13.3. The van der Waals surface area contributed by atoms with Gasteiger partial charge in [-0.05, 0) is 48.9 Å². The fraction of sp³-hybridized carbons (Fsp3) is 0.357. The molecule has 1 atom stereocenters. The summed E-state index contributed by atoms with van der Waals surface area (Å²) in [5, 5.41) is 13.0. The topological polar surface area (TPSA) is 116 Å². The summed E-state index contributed by atoms with van der Waals surface area (Å²) >= 11 is 0. The van der Waals surface area contributed by atoms with Crippen LogP contribution in [0.5, 0.6) is 5.75 Å². The van der Waals surface area contributed by atoms with Crippen LogP contribution in [0.25, 0.3) is 11.3 Å². The van der Waals surface area contributed by atoms with Crippen LogP contribution in [0.1, 0.15) is 47.7 Å². The summed E-state index contributed by atoms with van der Waals surface area (Å²) in [6.07, 6.45) is 2.36. The summed E-state index contributed by atoms with van der Waals surface area (Å²) in [6.45, 7) is 1.13. The van der Waals surface area contributed by atoms with Crippen LogP contribution in [0, 0.1) is 0 Å². The number of hydrogen-bond acceptors (Lipinski definition) is 5. The highest BCUT2D eigenvalue weighted by atomic mass is 16.5. The second-order valence-electron chi connectivity index (χ2n) is 9.08. The Morgan fingerprint density at radius 3 is 2.54 bits per heavy atom. The van der Waals surface area contributed by atoms with Gasteiger partial charge >= 0.3 is 0 Å². The largest absolute Gasteiger partial charge is 0.496 e. The number of aromatic amines is 1. The van der Waals surface area contributed by atoms with Crippen LogP contribution in [-0.2, 0) is 9.59 Å². The number of methoxy groups -OCH3 is 1. The molecule has 2 aromatic carbocycles. The second kappa shape index (κ2) is 12.7. The van der Waals surface area contributed by atoms with Crippen molar-refractivity contribution in [2.75, 3.05) is 33.3 Å². The predicted octanol–water partition coefficient (Wildman–Crippen LogP) is 3.12. The van der Waals surface area contributed by atoms with Gasteiger partial charge in [0.1, 0.15) is 11.4 Å². The molecule has 0 aliphatic carbocycles. The number of nitrogens with one attached hydrogen (secondary N) is 3. The molecule has 0 saturated carbocycles. The van der Waals surface area contributed by atoms with E-state index in [4.69, 9.17) is 4.74 Å². The zero-order valence-corrected chi connectivity index (χ0v) is 21.0. The lowest BCUT2D eigenvalue weighted by Crippen LogP contribution is -2.42. The molecular formula is C28H33N5O4. The van der Waals surface area contributed by atoms with Crippen LogP contribution in [-0.4, -0.2) is 66.1 Å². The lowest BCUT2D eigenvalue weighted by Gasteiger charge is -2.23. The minimum absolute atomic E-state index is 0.00470. The number of nitrogens with zero attached hydrogens (tertiary/aromatic N) is 2. The quantitative estimate of drug-likeness (QED) is 0.506. The van der Waals surface area contributed by atoms with Gasteiger partial charge in [0, 0.05) is 31.6 Å². The van der Waals surface area contributed by atoms with E-state index in [1.165, 1.54) is 4.90 Å². The number of aromatic nitrogens is 2. The molecular weight excluding hydrogens is 470 g/mol. The Bertz CT molecular complexity index is 1210. The van der Waals surface area contributed by atoms with E-state index in [1.807, 2.05) is 42.5 Å². The van der Waals surface area contributed by atoms with Crippen molar-refractivity contribution in [2.24, 2.45) is 0 Å². The molecule has 9 nitrogen and oxygen atoms in total. The summed E-state index contributed by atoms with van der Waals surface area (Å²) < 4.78 is 5.40. The number of H-pyrrole nitrogens is 1. The summed E-state index contributed by atoms with van der Waals surface area (Å²) in [5.74, 6) is 0.256.